The van der Waals surface area contributed by atoms with Crippen LogP contribution in [0, 0.1) is 0 Å². The van der Waals surface area contributed by atoms with Gasteiger partial charge in [0.1, 0.15) is 24.8 Å². The Bertz CT molecular complexity index is 1050. The van der Waals surface area contributed by atoms with E-state index < -0.39 is 0 Å². The minimum absolute atomic E-state index is 0.0144. The summed E-state index contributed by atoms with van der Waals surface area (Å²) in [6.07, 6.45) is 4.14. The fourth-order valence-corrected chi connectivity index (χ4v) is 4.25. The number of rotatable bonds is 9. The number of nitrogens with zero attached hydrogens (tertiary/aromatic N) is 2. The maximum atomic E-state index is 12.0. The summed E-state index contributed by atoms with van der Waals surface area (Å²) in [4.78, 5) is 25.6. The minimum Gasteiger partial charge on any atom is -0.465 e. The summed E-state index contributed by atoms with van der Waals surface area (Å²) in [6, 6.07) is 16.0. The first kappa shape index (κ1) is 22.5. The van der Waals surface area contributed by atoms with Crippen molar-refractivity contribution in [3.05, 3.63) is 59.1 Å². The number of ether oxygens (including phenoxy) is 2. The van der Waals surface area contributed by atoms with Crippen LogP contribution in [0.15, 0.2) is 48.5 Å². The zero-order valence-electron chi connectivity index (χ0n) is 18.0. The Kier molecular flexibility index (Phi) is 7.78. The van der Waals surface area contributed by atoms with Crippen molar-refractivity contribution in [3.8, 4) is 0 Å². The molecule has 0 saturated heterocycles. The first-order valence-electron chi connectivity index (χ1n) is 10.2. The molecule has 1 aromatic heterocycles. The van der Waals surface area contributed by atoms with Gasteiger partial charge in [-0.25, -0.2) is 0 Å². The number of carbonyl (C=O) groups is 2. The van der Waals surface area contributed by atoms with Crippen molar-refractivity contribution >= 4 is 51.3 Å². The van der Waals surface area contributed by atoms with Crippen LogP contribution >= 0.6 is 11.3 Å². The third-order valence-corrected chi connectivity index (χ3v) is 5.88. The van der Waals surface area contributed by atoms with E-state index in [9.17, 15) is 9.59 Å². The molecule has 162 valence electrons. The Morgan fingerprint density at radius 3 is 2.13 bits per heavy atom. The van der Waals surface area contributed by atoms with Gasteiger partial charge in [0.2, 0.25) is 5.52 Å². The SMILES string of the molecule is CCOC(=O)CN(CC(=O)OCC)c1ccc(/C=C/c2sc3ccccc3[n+]2C)cc1. The van der Waals surface area contributed by atoms with Crippen LogP contribution < -0.4 is 9.47 Å². The largest absolute Gasteiger partial charge is 0.465 e. The van der Waals surface area contributed by atoms with Crippen molar-refractivity contribution in [3.63, 3.8) is 0 Å². The quantitative estimate of drug-likeness (QED) is 0.375. The van der Waals surface area contributed by atoms with E-state index in [-0.39, 0.29) is 25.0 Å². The number of fused-ring (bicyclic) bond motifs is 1. The van der Waals surface area contributed by atoms with Gasteiger partial charge in [-0.05, 0) is 43.7 Å². The lowest BCUT2D eigenvalue weighted by molar-refractivity contribution is -0.642. The van der Waals surface area contributed by atoms with Gasteiger partial charge in [0.15, 0.2) is 0 Å². The molecule has 3 aromatic rings. The molecule has 0 aliphatic heterocycles. The standard InChI is InChI=1S/C24H27N2O4S/c1-4-29-23(27)16-26(17-24(28)30-5-2)19-13-10-18(11-14-19)12-15-22-25(3)20-8-6-7-9-21(20)31-22/h6-15H,4-5,16-17H2,1-3H3/q+1. The van der Waals surface area contributed by atoms with E-state index >= 15 is 0 Å². The van der Waals surface area contributed by atoms with Crippen molar-refractivity contribution < 1.29 is 23.6 Å². The maximum Gasteiger partial charge on any atom is 0.325 e. The number of hydrogen-bond donors (Lipinski definition) is 0. The monoisotopic (exact) mass is 439 g/mol. The summed E-state index contributed by atoms with van der Waals surface area (Å²) in [5.74, 6) is -0.763. The molecule has 0 unspecified atom stereocenters. The molecule has 0 radical (unpaired) electrons. The van der Waals surface area contributed by atoms with Gasteiger partial charge < -0.3 is 14.4 Å². The van der Waals surface area contributed by atoms with Crippen molar-refractivity contribution in [1.82, 2.24) is 0 Å². The van der Waals surface area contributed by atoms with Crippen LogP contribution in [0.1, 0.15) is 24.4 Å². The summed E-state index contributed by atoms with van der Waals surface area (Å²) in [5, 5.41) is 1.15. The van der Waals surface area contributed by atoms with Gasteiger partial charge in [-0.15, -0.1) is 0 Å². The van der Waals surface area contributed by atoms with Crippen LogP contribution in [-0.4, -0.2) is 38.2 Å². The molecule has 0 bridgehead atoms. The van der Waals surface area contributed by atoms with E-state index in [1.54, 1.807) is 30.1 Å². The predicted octanol–water partition coefficient (Wildman–Crippen LogP) is 3.83. The number of carbonyl (C=O) groups excluding carboxylic acids is 2. The number of aromatic nitrogens is 1. The summed E-state index contributed by atoms with van der Waals surface area (Å²) < 4.78 is 13.5. The van der Waals surface area contributed by atoms with Crippen LogP contribution in [0.3, 0.4) is 0 Å². The molecule has 2 aromatic carbocycles. The number of hydrogen-bond acceptors (Lipinski definition) is 6. The third kappa shape index (κ3) is 5.92. The Balaban J connectivity index is 1.76. The van der Waals surface area contributed by atoms with Gasteiger partial charge in [-0.2, -0.15) is 4.57 Å². The second-order valence-electron chi connectivity index (χ2n) is 6.86. The normalized spacial score (nSPS) is 11.1. The van der Waals surface area contributed by atoms with E-state index in [2.05, 4.69) is 35.9 Å². The molecule has 31 heavy (non-hydrogen) atoms. The highest BCUT2D eigenvalue weighted by Gasteiger charge is 2.17. The Morgan fingerprint density at radius 1 is 0.935 bits per heavy atom. The zero-order valence-corrected chi connectivity index (χ0v) is 18.9. The lowest BCUT2D eigenvalue weighted by atomic mass is 10.2. The second-order valence-corrected chi connectivity index (χ2v) is 7.92. The highest BCUT2D eigenvalue weighted by molar-refractivity contribution is 7.18. The van der Waals surface area contributed by atoms with E-state index in [0.29, 0.717) is 13.2 Å². The molecule has 0 saturated carbocycles. The van der Waals surface area contributed by atoms with Gasteiger partial charge in [0.25, 0.3) is 5.01 Å². The number of para-hydroxylation sites is 1. The molecule has 0 N–H and O–H groups in total. The first-order valence-corrected chi connectivity index (χ1v) is 11.0. The van der Waals surface area contributed by atoms with E-state index in [4.69, 9.17) is 9.47 Å². The minimum atomic E-state index is -0.381. The molecule has 0 fully saturated rings. The van der Waals surface area contributed by atoms with Gasteiger partial charge in [-0.3, -0.25) is 9.59 Å². The maximum absolute atomic E-state index is 12.0. The average Bonchev–Trinajstić information content (AvgIpc) is 3.08. The van der Waals surface area contributed by atoms with Crippen LogP contribution in [0.2, 0.25) is 0 Å². The van der Waals surface area contributed by atoms with Crippen LogP contribution in [0.4, 0.5) is 5.69 Å². The number of thiazole rings is 1. The van der Waals surface area contributed by atoms with Crippen molar-refractivity contribution in [2.45, 2.75) is 13.8 Å². The lowest BCUT2D eigenvalue weighted by Crippen LogP contribution is -2.36. The summed E-state index contributed by atoms with van der Waals surface area (Å²) in [5.41, 5.74) is 2.98. The highest BCUT2D eigenvalue weighted by atomic mass is 32.1. The average molecular weight is 440 g/mol. The molecule has 0 spiro atoms. The van der Waals surface area contributed by atoms with Crippen molar-refractivity contribution in [2.75, 3.05) is 31.2 Å². The number of esters is 2. The fraction of sp³-hybridized carbons (Fsp3) is 0.292. The number of anilines is 1. The first-order chi connectivity index (χ1) is 15.0. The summed E-state index contributed by atoms with van der Waals surface area (Å²) in [6.45, 7) is 4.07. The van der Waals surface area contributed by atoms with Crippen LogP contribution in [-0.2, 0) is 26.1 Å². The van der Waals surface area contributed by atoms with Gasteiger partial charge in [0, 0.05) is 17.8 Å². The molecule has 0 aliphatic rings. The predicted molar refractivity (Wildman–Crippen MR) is 124 cm³/mol. The summed E-state index contributed by atoms with van der Waals surface area (Å²) >= 11 is 1.74. The molecule has 0 atom stereocenters. The van der Waals surface area contributed by atoms with Crippen LogP contribution in [0.25, 0.3) is 22.4 Å². The lowest BCUT2D eigenvalue weighted by Gasteiger charge is -2.22. The van der Waals surface area contributed by atoms with E-state index in [1.807, 2.05) is 36.4 Å². The molecular formula is C24H27N2O4S+. The number of aryl methyl sites for hydroxylation is 1. The third-order valence-electron chi connectivity index (χ3n) is 4.70. The molecular weight excluding hydrogens is 412 g/mol. The Labute approximate surface area is 186 Å². The molecule has 0 amide bonds. The fourth-order valence-electron chi connectivity index (χ4n) is 3.19. The van der Waals surface area contributed by atoms with Gasteiger partial charge in [0.05, 0.1) is 13.2 Å². The summed E-state index contributed by atoms with van der Waals surface area (Å²) in [7, 11) is 2.06. The molecule has 1 heterocycles. The molecule has 6 nitrogen and oxygen atoms in total. The second kappa shape index (κ2) is 10.7. The molecule has 7 heteroatoms. The topological polar surface area (TPSA) is 59.7 Å². The van der Waals surface area contributed by atoms with E-state index in [1.165, 1.54) is 10.2 Å². The van der Waals surface area contributed by atoms with Crippen molar-refractivity contribution in [2.24, 2.45) is 7.05 Å². The zero-order chi connectivity index (χ0) is 22.2. The smallest absolute Gasteiger partial charge is 0.325 e. The van der Waals surface area contributed by atoms with Gasteiger partial charge in [-0.1, -0.05) is 35.6 Å². The molecule has 0 aliphatic carbocycles. The Hall–Kier alpha value is -3.19. The van der Waals surface area contributed by atoms with E-state index in [0.717, 1.165) is 16.3 Å². The van der Waals surface area contributed by atoms with Crippen LogP contribution in [0.5, 0.6) is 0 Å². The van der Waals surface area contributed by atoms with Gasteiger partial charge >= 0.3 is 11.9 Å². The highest BCUT2D eigenvalue weighted by Crippen LogP contribution is 2.22. The van der Waals surface area contributed by atoms with Crippen molar-refractivity contribution in [1.29, 1.82) is 0 Å². The Morgan fingerprint density at radius 2 is 1.55 bits per heavy atom. The molecule has 3 rings (SSSR count). The number of benzene rings is 2.